The van der Waals surface area contributed by atoms with Gasteiger partial charge in [0, 0.05) is 73.7 Å². The molecule has 0 aliphatic carbocycles. The zero-order valence-corrected chi connectivity index (χ0v) is 28.4. The fourth-order valence-corrected chi connectivity index (χ4v) is 9.88. The summed E-state index contributed by atoms with van der Waals surface area (Å²) in [5.74, 6) is 0. The van der Waals surface area contributed by atoms with Crippen molar-refractivity contribution in [3.63, 3.8) is 0 Å². The molecule has 0 unspecified atom stereocenters. The van der Waals surface area contributed by atoms with Crippen LogP contribution in [0.5, 0.6) is 0 Å². The van der Waals surface area contributed by atoms with Crippen LogP contribution in [0.4, 0.5) is 17.1 Å². The fourth-order valence-electron chi connectivity index (χ4n) is 7.65. The van der Waals surface area contributed by atoms with Gasteiger partial charge in [-0.15, -0.1) is 22.7 Å². The molecule has 3 aromatic heterocycles. The summed E-state index contributed by atoms with van der Waals surface area (Å²) in [5.41, 5.74) is 7.45. The van der Waals surface area contributed by atoms with Gasteiger partial charge in [0.1, 0.15) is 11.2 Å². The van der Waals surface area contributed by atoms with Crippen molar-refractivity contribution in [3.05, 3.63) is 164 Å². The molecule has 0 aliphatic heterocycles. The third-order valence-corrected chi connectivity index (χ3v) is 12.3. The van der Waals surface area contributed by atoms with Gasteiger partial charge < -0.3 is 9.32 Å². The van der Waals surface area contributed by atoms with E-state index in [2.05, 4.69) is 169 Å². The molecule has 0 atom stereocenters. The summed E-state index contributed by atoms with van der Waals surface area (Å²) >= 11 is 3.71. The largest absolute Gasteiger partial charge is 0.455 e. The molecule has 0 bridgehead atoms. The predicted molar refractivity (Wildman–Crippen MR) is 217 cm³/mol. The molecule has 8 aromatic carbocycles. The second-order valence-corrected chi connectivity index (χ2v) is 15.1. The van der Waals surface area contributed by atoms with Crippen LogP contribution in [0.25, 0.3) is 84.2 Å². The number of nitrogens with zero attached hydrogens (tertiary/aromatic N) is 1. The van der Waals surface area contributed by atoms with E-state index in [1.807, 2.05) is 22.7 Å². The van der Waals surface area contributed by atoms with Crippen LogP contribution in [0, 0.1) is 0 Å². The zero-order chi connectivity index (χ0) is 32.8. The number of hydrogen-bond donors (Lipinski definition) is 0. The van der Waals surface area contributed by atoms with Gasteiger partial charge in [-0.05, 0) is 83.1 Å². The minimum absolute atomic E-state index is 0.918. The first-order valence-electron chi connectivity index (χ1n) is 16.8. The van der Waals surface area contributed by atoms with E-state index in [0.29, 0.717) is 0 Å². The van der Waals surface area contributed by atoms with Crippen molar-refractivity contribution in [2.45, 2.75) is 0 Å². The summed E-state index contributed by atoms with van der Waals surface area (Å²) in [5, 5.41) is 9.91. The number of rotatable bonds is 4. The van der Waals surface area contributed by atoms with Crippen LogP contribution in [0.3, 0.4) is 0 Å². The van der Waals surface area contributed by atoms with Gasteiger partial charge in [-0.25, -0.2) is 0 Å². The quantitative estimate of drug-likeness (QED) is 0.185. The summed E-state index contributed by atoms with van der Waals surface area (Å²) in [6, 6.07) is 59.6. The lowest BCUT2D eigenvalue weighted by molar-refractivity contribution is 0.670. The standard InChI is InChI=1S/C46H27NOS2/c1-2-9-30-25-41-39(24-29(30)8-1)38-13-7-12-34(46(38)48-41)28-16-18-31(19-17-28)47(32-21-23-44-40(26-32)36-11-4-6-15-43(36)49-44)33-20-22-37-35-10-3-5-14-42(35)50-45(37)27-33/h1-27H. The molecule has 0 aliphatic rings. The minimum Gasteiger partial charge on any atom is -0.455 e. The average molecular weight is 674 g/mol. The lowest BCUT2D eigenvalue weighted by atomic mass is 10.0. The summed E-state index contributed by atoms with van der Waals surface area (Å²) in [7, 11) is 0. The second kappa shape index (κ2) is 10.8. The highest BCUT2D eigenvalue weighted by molar-refractivity contribution is 7.26. The van der Waals surface area contributed by atoms with E-state index >= 15 is 0 Å². The van der Waals surface area contributed by atoms with Crippen LogP contribution >= 0.6 is 22.7 Å². The lowest BCUT2D eigenvalue weighted by Gasteiger charge is -2.26. The Kier molecular flexibility index (Phi) is 6.03. The highest BCUT2D eigenvalue weighted by Gasteiger charge is 2.18. The van der Waals surface area contributed by atoms with Gasteiger partial charge in [-0.3, -0.25) is 0 Å². The molecule has 0 amide bonds. The Morgan fingerprint density at radius 1 is 0.380 bits per heavy atom. The predicted octanol–water partition coefficient (Wildman–Crippen LogP) is 14.6. The van der Waals surface area contributed by atoms with Gasteiger partial charge in [0.05, 0.1) is 0 Å². The summed E-state index contributed by atoms with van der Waals surface area (Å²) in [6.07, 6.45) is 0. The van der Waals surface area contributed by atoms with Crippen molar-refractivity contribution in [2.24, 2.45) is 0 Å². The molecule has 234 valence electrons. The van der Waals surface area contributed by atoms with Crippen LogP contribution < -0.4 is 4.90 Å². The molecule has 0 saturated heterocycles. The van der Waals surface area contributed by atoms with Crippen LogP contribution in [0.15, 0.2) is 168 Å². The molecule has 0 spiro atoms. The van der Waals surface area contributed by atoms with Gasteiger partial charge in [0.15, 0.2) is 0 Å². The molecule has 11 rings (SSSR count). The van der Waals surface area contributed by atoms with E-state index < -0.39 is 0 Å². The molecule has 2 nitrogen and oxygen atoms in total. The maximum absolute atomic E-state index is 6.59. The van der Waals surface area contributed by atoms with Gasteiger partial charge in [0.2, 0.25) is 0 Å². The summed E-state index contributed by atoms with van der Waals surface area (Å²) < 4.78 is 11.8. The van der Waals surface area contributed by atoms with Crippen LogP contribution in [0.1, 0.15) is 0 Å². The van der Waals surface area contributed by atoms with E-state index in [-0.39, 0.29) is 0 Å². The molecule has 11 aromatic rings. The van der Waals surface area contributed by atoms with Crippen molar-refractivity contribution >= 4 is 113 Å². The van der Waals surface area contributed by atoms with Gasteiger partial charge in [-0.2, -0.15) is 0 Å². The molecule has 50 heavy (non-hydrogen) atoms. The number of benzene rings is 8. The number of thiophene rings is 2. The highest BCUT2D eigenvalue weighted by Crippen LogP contribution is 2.44. The number of anilines is 3. The Morgan fingerprint density at radius 3 is 1.80 bits per heavy atom. The first kappa shape index (κ1) is 28.0. The number of fused-ring (bicyclic) bond motifs is 10. The maximum atomic E-state index is 6.59. The Balaban J connectivity index is 1.07. The Bertz CT molecular complexity index is 3110. The van der Waals surface area contributed by atoms with Crippen LogP contribution in [0.2, 0.25) is 0 Å². The third-order valence-electron chi connectivity index (χ3n) is 10.0. The van der Waals surface area contributed by atoms with Gasteiger partial charge >= 0.3 is 0 Å². The summed E-state index contributed by atoms with van der Waals surface area (Å²) in [4.78, 5) is 2.40. The van der Waals surface area contributed by atoms with Crippen molar-refractivity contribution in [1.29, 1.82) is 0 Å². The lowest BCUT2D eigenvalue weighted by Crippen LogP contribution is -2.09. The van der Waals surface area contributed by atoms with E-state index in [4.69, 9.17) is 4.42 Å². The monoisotopic (exact) mass is 673 g/mol. The number of hydrogen-bond acceptors (Lipinski definition) is 4. The van der Waals surface area contributed by atoms with Gasteiger partial charge in [-0.1, -0.05) is 97.1 Å². The topological polar surface area (TPSA) is 16.4 Å². The van der Waals surface area contributed by atoms with Gasteiger partial charge in [0.25, 0.3) is 0 Å². The van der Waals surface area contributed by atoms with E-state index in [1.54, 1.807) is 0 Å². The van der Waals surface area contributed by atoms with Crippen molar-refractivity contribution in [2.75, 3.05) is 4.90 Å². The molecule has 0 fully saturated rings. The van der Waals surface area contributed by atoms with Crippen molar-refractivity contribution in [1.82, 2.24) is 0 Å². The van der Waals surface area contributed by atoms with Crippen molar-refractivity contribution < 1.29 is 4.42 Å². The van der Waals surface area contributed by atoms with E-state index in [1.165, 1.54) is 51.1 Å². The first-order valence-corrected chi connectivity index (χ1v) is 18.5. The third kappa shape index (κ3) is 4.26. The number of para-hydroxylation sites is 1. The molecular weight excluding hydrogens is 647 g/mol. The molecule has 4 heteroatoms. The molecule has 3 heterocycles. The van der Waals surface area contributed by atoms with E-state index in [9.17, 15) is 0 Å². The van der Waals surface area contributed by atoms with Crippen LogP contribution in [-0.2, 0) is 0 Å². The zero-order valence-electron chi connectivity index (χ0n) is 26.8. The number of furan rings is 1. The highest BCUT2D eigenvalue weighted by atomic mass is 32.1. The Hall–Kier alpha value is -5.94. The first-order chi connectivity index (χ1) is 24.7. The molecule has 0 N–H and O–H groups in total. The van der Waals surface area contributed by atoms with E-state index in [0.717, 1.165) is 50.1 Å². The SMILES string of the molecule is c1ccc2cc3c(cc2c1)oc1c(-c2ccc(N(c4ccc5c(c4)sc4ccccc45)c4ccc5sc6ccccc6c5c4)cc2)cccc13. The maximum Gasteiger partial charge on any atom is 0.143 e. The Labute approximate surface area is 295 Å². The Morgan fingerprint density at radius 2 is 0.980 bits per heavy atom. The fraction of sp³-hybridized carbons (Fsp3) is 0. The molecule has 0 saturated carbocycles. The normalized spacial score (nSPS) is 12.0. The molecule has 0 radical (unpaired) electrons. The second-order valence-electron chi connectivity index (χ2n) is 12.9. The van der Waals surface area contributed by atoms with Crippen molar-refractivity contribution in [3.8, 4) is 11.1 Å². The summed E-state index contributed by atoms with van der Waals surface area (Å²) in [6.45, 7) is 0. The minimum atomic E-state index is 0.918. The van der Waals surface area contributed by atoms with Crippen LogP contribution in [-0.4, -0.2) is 0 Å². The molecular formula is C46H27NOS2. The smallest absolute Gasteiger partial charge is 0.143 e. The average Bonchev–Trinajstić information content (AvgIpc) is 3.85.